The normalized spacial score (nSPS) is 19.1. The number of amides is 1. The number of aryl methyl sites for hydroxylation is 2. The van der Waals surface area contributed by atoms with Gasteiger partial charge in [-0.25, -0.2) is 5.43 Å². The van der Waals surface area contributed by atoms with E-state index in [9.17, 15) is 4.79 Å². The maximum Gasteiger partial charge on any atom is 0.281 e. The number of hydrazone groups is 1. The smallest absolute Gasteiger partial charge is 0.281 e. The highest BCUT2D eigenvalue weighted by molar-refractivity contribution is 7.14. The Hall–Kier alpha value is -2.02. The maximum absolute atomic E-state index is 12.7. The molecule has 1 atom stereocenters. The van der Waals surface area contributed by atoms with E-state index in [1.54, 1.807) is 11.3 Å². The van der Waals surface area contributed by atoms with Gasteiger partial charge in [0, 0.05) is 18.0 Å². The summed E-state index contributed by atoms with van der Waals surface area (Å²) < 4.78 is 5.51. The average molecular weight is 398 g/mol. The molecule has 0 saturated carbocycles. The van der Waals surface area contributed by atoms with Gasteiger partial charge in [0.15, 0.2) is 0 Å². The van der Waals surface area contributed by atoms with Crippen LogP contribution in [0.15, 0.2) is 41.5 Å². The summed E-state index contributed by atoms with van der Waals surface area (Å²) in [5.41, 5.74) is 6.22. The van der Waals surface area contributed by atoms with E-state index in [1.165, 1.54) is 28.8 Å². The number of fused-ring (bicyclic) bond motifs is 1. The molecule has 1 saturated heterocycles. The van der Waals surface area contributed by atoms with E-state index in [0.717, 1.165) is 49.7 Å². The Kier molecular flexibility index (Phi) is 6.20. The first kappa shape index (κ1) is 19.3. The van der Waals surface area contributed by atoms with E-state index in [1.807, 2.05) is 25.1 Å². The van der Waals surface area contributed by atoms with Crippen LogP contribution in [-0.4, -0.2) is 42.8 Å². The first-order valence-corrected chi connectivity index (χ1v) is 10.9. The van der Waals surface area contributed by atoms with Crippen LogP contribution in [0.25, 0.3) is 0 Å². The molecule has 1 aromatic carbocycles. The number of morpholine rings is 1. The Bertz CT molecular complexity index is 817. The van der Waals surface area contributed by atoms with Gasteiger partial charge in [-0.05, 0) is 49.8 Å². The van der Waals surface area contributed by atoms with Crippen LogP contribution in [0.3, 0.4) is 0 Å². The maximum atomic E-state index is 12.7. The fourth-order valence-corrected chi connectivity index (χ4v) is 5.19. The van der Waals surface area contributed by atoms with Crippen molar-refractivity contribution in [2.75, 3.05) is 26.3 Å². The van der Waals surface area contributed by atoms with Crippen molar-refractivity contribution in [3.8, 4) is 0 Å². The van der Waals surface area contributed by atoms with Crippen LogP contribution in [0.1, 0.15) is 51.5 Å². The highest BCUT2D eigenvalue weighted by Gasteiger charge is 2.25. The van der Waals surface area contributed by atoms with Gasteiger partial charge in [-0.15, -0.1) is 11.3 Å². The summed E-state index contributed by atoms with van der Waals surface area (Å²) in [5, 5.41) is 4.50. The third kappa shape index (κ3) is 4.35. The summed E-state index contributed by atoms with van der Waals surface area (Å²) in [6.45, 7) is 5.16. The molecule has 1 amide bonds. The molecular formula is C22H27N3O2S. The quantitative estimate of drug-likeness (QED) is 0.617. The largest absolute Gasteiger partial charge is 0.379 e. The molecule has 0 radical (unpaired) electrons. The van der Waals surface area contributed by atoms with Gasteiger partial charge in [0.05, 0.1) is 29.8 Å². The summed E-state index contributed by atoms with van der Waals surface area (Å²) in [4.78, 5) is 17.2. The number of ether oxygens (including phenoxy) is 1. The lowest BCUT2D eigenvalue weighted by Crippen LogP contribution is -2.42. The third-order valence-electron chi connectivity index (χ3n) is 5.48. The number of carbonyl (C=O) groups is 1. The van der Waals surface area contributed by atoms with E-state index in [-0.39, 0.29) is 11.9 Å². The molecule has 148 valence electrons. The molecule has 0 bridgehead atoms. The third-order valence-corrected chi connectivity index (χ3v) is 6.71. The first-order valence-electron chi connectivity index (χ1n) is 10.1. The molecule has 6 heteroatoms. The molecule has 1 unspecified atom stereocenters. The van der Waals surface area contributed by atoms with Gasteiger partial charge >= 0.3 is 0 Å². The molecule has 1 fully saturated rings. The van der Waals surface area contributed by atoms with Crippen molar-refractivity contribution in [1.29, 1.82) is 0 Å². The van der Waals surface area contributed by atoms with Crippen molar-refractivity contribution in [2.24, 2.45) is 5.10 Å². The van der Waals surface area contributed by atoms with Gasteiger partial charge in [-0.2, -0.15) is 5.10 Å². The zero-order valence-corrected chi connectivity index (χ0v) is 17.1. The van der Waals surface area contributed by atoms with Crippen LogP contribution in [0.4, 0.5) is 0 Å². The lowest BCUT2D eigenvalue weighted by molar-refractivity contribution is 0.0285. The molecule has 28 heavy (non-hydrogen) atoms. The van der Waals surface area contributed by atoms with Crippen LogP contribution in [0.2, 0.25) is 0 Å². The summed E-state index contributed by atoms with van der Waals surface area (Å²) in [6, 6.07) is 12.4. The Labute approximate surface area is 170 Å². The minimum Gasteiger partial charge on any atom is -0.379 e. The van der Waals surface area contributed by atoms with E-state index >= 15 is 0 Å². The summed E-state index contributed by atoms with van der Waals surface area (Å²) in [6.07, 6.45) is 4.64. The van der Waals surface area contributed by atoms with Crippen molar-refractivity contribution in [3.05, 3.63) is 57.3 Å². The number of nitrogens with one attached hydrogen (secondary N) is 1. The molecule has 2 heterocycles. The zero-order valence-electron chi connectivity index (χ0n) is 16.3. The van der Waals surface area contributed by atoms with Gasteiger partial charge in [0.25, 0.3) is 5.91 Å². The van der Waals surface area contributed by atoms with E-state index in [4.69, 9.17) is 4.74 Å². The van der Waals surface area contributed by atoms with Crippen molar-refractivity contribution in [3.63, 3.8) is 0 Å². The Morgan fingerprint density at radius 3 is 2.68 bits per heavy atom. The van der Waals surface area contributed by atoms with Gasteiger partial charge < -0.3 is 4.74 Å². The minimum atomic E-state index is -0.104. The van der Waals surface area contributed by atoms with Gasteiger partial charge in [0.2, 0.25) is 0 Å². The fraction of sp³-hybridized carbons (Fsp3) is 0.455. The number of hydrogen-bond acceptors (Lipinski definition) is 5. The molecule has 4 rings (SSSR count). The number of nitrogens with zero attached hydrogens (tertiary/aromatic N) is 2. The summed E-state index contributed by atoms with van der Waals surface area (Å²) in [7, 11) is 0. The van der Waals surface area contributed by atoms with E-state index < -0.39 is 0 Å². The summed E-state index contributed by atoms with van der Waals surface area (Å²) >= 11 is 1.62. The second kappa shape index (κ2) is 8.99. The van der Waals surface area contributed by atoms with Gasteiger partial charge in [-0.1, -0.05) is 30.3 Å². The Balaban J connectivity index is 1.51. The summed E-state index contributed by atoms with van der Waals surface area (Å²) in [5.74, 6) is -0.104. The highest BCUT2D eigenvalue weighted by Crippen LogP contribution is 2.29. The highest BCUT2D eigenvalue weighted by atomic mass is 32.1. The Morgan fingerprint density at radius 1 is 1.18 bits per heavy atom. The van der Waals surface area contributed by atoms with Crippen LogP contribution in [0, 0.1) is 0 Å². The zero-order chi connectivity index (χ0) is 19.3. The molecule has 1 aliphatic heterocycles. The van der Waals surface area contributed by atoms with Gasteiger partial charge in [0.1, 0.15) is 0 Å². The monoisotopic (exact) mass is 397 g/mol. The van der Waals surface area contributed by atoms with Crippen molar-refractivity contribution < 1.29 is 9.53 Å². The number of carbonyl (C=O) groups excluding carboxylic acids is 1. The average Bonchev–Trinajstić information content (AvgIpc) is 3.18. The SMILES string of the molecule is C/C(=N\NC(=O)c1cc2c(s1)CCCC2)C(c1ccccc1)N1CCOCC1. The standard InChI is InChI=1S/C22H27N3O2S/c1-16(21(17-7-3-2-4-8-17)25-11-13-27-14-12-25)23-24-22(26)20-15-18-9-5-6-10-19(18)28-20/h2-4,7-8,15,21H,5-6,9-14H2,1H3,(H,24,26)/b23-16+. The number of rotatable bonds is 5. The number of thiophene rings is 1. The molecule has 5 nitrogen and oxygen atoms in total. The lowest BCUT2D eigenvalue weighted by Gasteiger charge is -2.34. The molecule has 2 aliphatic rings. The lowest BCUT2D eigenvalue weighted by atomic mass is 9.99. The van der Waals surface area contributed by atoms with Crippen LogP contribution in [0.5, 0.6) is 0 Å². The van der Waals surface area contributed by atoms with Crippen molar-refractivity contribution >= 4 is 23.0 Å². The van der Waals surface area contributed by atoms with Gasteiger partial charge in [-0.3, -0.25) is 9.69 Å². The number of benzene rings is 1. The van der Waals surface area contributed by atoms with Crippen LogP contribution < -0.4 is 5.43 Å². The molecule has 0 spiro atoms. The van der Waals surface area contributed by atoms with E-state index in [2.05, 4.69) is 33.6 Å². The Morgan fingerprint density at radius 2 is 1.93 bits per heavy atom. The predicted molar refractivity (Wildman–Crippen MR) is 113 cm³/mol. The second-order valence-electron chi connectivity index (χ2n) is 7.42. The topological polar surface area (TPSA) is 53.9 Å². The number of hydrogen-bond donors (Lipinski definition) is 1. The fourth-order valence-electron chi connectivity index (χ4n) is 4.04. The minimum absolute atomic E-state index is 0.0435. The predicted octanol–water partition coefficient (Wildman–Crippen LogP) is 3.81. The van der Waals surface area contributed by atoms with E-state index in [0.29, 0.717) is 0 Å². The van der Waals surface area contributed by atoms with Crippen LogP contribution in [-0.2, 0) is 17.6 Å². The second-order valence-corrected chi connectivity index (χ2v) is 8.56. The molecule has 2 aromatic rings. The molecular weight excluding hydrogens is 370 g/mol. The molecule has 1 aliphatic carbocycles. The van der Waals surface area contributed by atoms with Crippen molar-refractivity contribution in [2.45, 2.75) is 38.6 Å². The first-order chi connectivity index (χ1) is 13.7. The van der Waals surface area contributed by atoms with Crippen LogP contribution >= 0.6 is 11.3 Å². The molecule has 1 N–H and O–H groups in total. The molecule has 1 aromatic heterocycles. The van der Waals surface area contributed by atoms with Crippen molar-refractivity contribution in [1.82, 2.24) is 10.3 Å².